The zero-order chi connectivity index (χ0) is 25.2. The molecule has 2 amide bonds. The van der Waals surface area contributed by atoms with Gasteiger partial charge in [-0.05, 0) is 60.6 Å². The highest BCUT2D eigenvalue weighted by molar-refractivity contribution is 6.02. The lowest BCUT2D eigenvalue weighted by Gasteiger charge is -2.45. The maximum Gasteiger partial charge on any atom is 0.254 e. The fraction of sp³-hybridized carbons (Fsp3) is 0.333. The van der Waals surface area contributed by atoms with E-state index in [1.54, 1.807) is 26.4 Å². The maximum absolute atomic E-state index is 14.0. The van der Waals surface area contributed by atoms with E-state index in [2.05, 4.69) is 23.5 Å². The lowest BCUT2D eigenvalue weighted by Crippen LogP contribution is -2.51. The first-order chi connectivity index (χ1) is 17.5. The van der Waals surface area contributed by atoms with Crippen molar-refractivity contribution in [3.05, 3.63) is 94.5 Å². The van der Waals surface area contributed by atoms with Crippen molar-refractivity contribution in [3.8, 4) is 11.5 Å². The Morgan fingerprint density at radius 2 is 1.69 bits per heavy atom. The molecule has 2 aliphatic rings. The van der Waals surface area contributed by atoms with Gasteiger partial charge in [0.2, 0.25) is 5.91 Å². The van der Waals surface area contributed by atoms with Gasteiger partial charge < -0.3 is 19.7 Å². The Bertz CT molecular complexity index is 1270. The molecule has 2 aliphatic heterocycles. The molecule has 1 N–H and O–H groups in total. The standard InChI is InChI=1S/C30H32N2O4/c1-19(13-14-20-9-5-4-6-10-20)31-29(33)27-23-17-25(35-2)26(36-3)18-24(23)30(34)32-16-15-21-11-7-8-12-22(21)28(27)32/h4-12,17-19,27-28H,13-16H2,1-3H3,(H,31,33)/t19-,27-,28+/m0/s1. The van der Waals surface area contributed by atoms with Crippen LogP contribution in [0.1, 0.15) is 57.9 Å². The van der Waals surface area contributed by atoms with Crippen LogP contribution in [0.15, 0.2) is 66.7 Å². The summed E-state index contributed by atoms with van der Waals surface area (Å²) in [7, 11) is 3.12. The predicted octanol–water partition coefficient (Wildman–Crippen LogP) is 4.68. The molecule has 3 atom stereocenters. The monoisotopic (exact) mass is 484 g/mol. The fourth-order valence-corrected chi connectivity index (χ4v) is 5.56. The molecule has 0 saturated carbocycles. The number of nitrogens with zero attached hydrogens (tertiary/aromatic N) is 1. The van der Waals surface area contributed by atoms with Crippen molar-refractivity contribution in [1.82, 2.24) is 10.2 Å². The third kappa shape index (κ3) is 4.32. The van der Waals surface area contributed by atoms with Crippen LogP contribution in [0.2, 0.25) is 0 Å². The Labute approximate surface area is 212 Å². The number of carbonyl (C=O) groups excluding carboxylic acids is 2. The highest BCUT2D eigenvalue weighted by Gasteiger charge is 2.47. The second-order valence-electron chi connectivity index (χ2n) is 9.60. The summed E-state index contributed by atoms with van der Waals surface area (Å²) in [5, 5.41) is 3.26. The van der Waals surface area contributed by atoms with E-state index in [9.17, 15) is 9.59 Å². The molecule has 0 saturated heterocycles. The molecule has 5 rings (SSSR count). The molecule has 6 nitrogen and oxygen atoms in total. The number of fused-ring (bicyclic) bond motifs is 4. The predicted molar refractivity (Wildman–Crippen MR) is 139 cm³/mol. The number of amides is 2. The normalized spacial score (nSPS) is 19.0. The van der Waals surface area contributed by atoms with E-state index in [-0.39, 0.29) is 23.9 Å². The van der Waals surface area contributed by atoms with E-state index in [0.29, 0.717) is 29.2 Å². The summed E-state index contributed by atoms with van der Waals surface area (Å²) in [6.07, 6.45) is 2.47. The Kier molecular flexibility index (Phi) is 6.68. The molecular weight excluding hydrogens is 452 g/mol. The minimum Gasteiger partial charge on any atom is -0.493 e. The van der Waals surface area contributed by atoms with Gasteiger partial charge in [-0.25, -0.2) is 0 Å². The highest BCUT2D eigenvalue weighted by atomic mass is 16.5. The van der Waals surface area contributed by atoms with Crippen molar-refractivity contribution in [1.29, 1.82) is 0 Å². The molecule has 0 radical (unpaired) electrons. The van der Waals surface area contributed by atoms with Crippen molar-refractivity contribution in [2.45, 2.75) is 44.2 Å². The van der Waals surface area contributed by atoms with Gasteiger partial charge in [0.15, 0.2) is 11.5 Å². The van der Waals surface area contributed by atoms with Crippen LogP contribution in [-0.4, -0.2) is 43.5 Å². The molecule has 0 bridgehead atoms. The number of ether oxygens (including phenoxy) is 2. The minimum absolute atomic E-state index is 0.0220. The van der Waals surface area contributed by atoms with Gasteiger partial charge in [-0.2, -0.15) is 0 Å². The van der Waals surface area contributed by atoms with Gasteiger partial charge in [-0.15, -0.1) is 0 Å². The third-order valence-electron chi connectivity index (χ3n) is 7.41. The average Bonchev–Trinajstić information content (AvgIpc) is 2.91. The molecule has 0 unspecified atom stereocenters. The lowest BCUT2D eigenvalue weighted by molar-refractivity contribution is -0.125. The van der Waals surface area contributed by atoms with Gasteiger partial charge >= 0.3 is 0 Å². The van der Waals surface area contributed by atoms with E-state index >= 15 is 0 Å². The van der Waals surface area contributed by atoms with Crippen molar-refractivity contribution in [3.63, 3.8) is 0 Å². The van der Waals surface area contributed by atoms with E-state index in [0.717, 1.165) is 24.8 Å². The summed E-state index contributed by atoms with van der Waals surface area (Å²) in [6.45, 7) is 2.61. The second-order valence-corrected chi connectivity index (χ2v) is 9.60. The third-order valence-corrected chi connectivity index (χ3v) is 7.41. The van der Waals surface area contributed by atoms with Crippen molar-refractivity contribution in [2.75, 3.05) is 20.8 Å². The van der Waals surface area contributed by atoms with Crippen LogP contribution in [0.25, 0.3) is 0 Å². The zero-order valence-corrected chi connectivity index (χ0v) is 21.0. The molecule has 186 valence electrons. The van der Waals surface area contributed by atoms with Crippen LogP contribution in [0.5, 0.6) is 11.5 Å². The van der Waals surface area contributed by atoms with Crippen LogP contribution in [-0.2, 0) is 17.6 Å². The number of rotatable bonds is 7. The summed E-state index contributed by atoms with van der Waals surface area (Å²) in [5.41, 5.74) is 4.65. The largest absolute Gasteiger partial charge is 0.493 e. The first kappa shape index (κ1) is 23.9. The molecule has 2 heterocycles. The molecule has 0 aliphatic carbocycles. The molecule has 36 heavy (non-hydrogen) atoms. The van der Waals surface area contributed by atoms with Crippen molar-refractivity contribution < 1.29 is 19.1 Å². The topological polar surface area (TPSA) is 67.9 Å². The Morgan fingerprint density at radius 3 is 2.44 bits per heavy atom. The smallest absolute Gasteiger partial charge is 0.254 e. The number of methoxy groups -OCH3 is 2. The van der Waals surface area contributed by atoms with Crippen LogP contribution in [0, 0.1) is 0 Å². The van der Waals surface area contributed by atoms with Crippen LogP contribution >= 0.6 is 0 Å². The van der Waals surface area contributed by atoms with Crippen LogP contribution < -0.4 is 14.8 Å². The van der Waals surface area contributed by atoms with Gasteiger partial charge in [0.05, 0.1) is 26.2 Å². The number of hydrogen-bond donors (Lipinski definition) is 1. The Hall–Kier alpha value is -3.80. The van der Waals surface area contributed by atoms with E-state index in [1.165, 1.54) is 11.1 Å². The molecule has 6 heteroatoms. The van der Waals surface area contributed by atoms with E-state index in [1.807, 2.05) is 48.2 Å². The highest BCUT2D eigenvalue weighted by Crippen LogP contribution is 2.48. The molecule has 3 aromatic carbocycles. The van der Waals surface area contributed by atoms with Gasteiger partial charge in [0.25, 0.3) is 5.91 Å². The Balaban J connectivity index is 1.52. The molecule has 0 fully saturated rings. The van der Waals surface area contributed by atoms with E-state index < -0.39 is 5.92 Å². The SMILES string of the molecule is COc1cc2c(cc1OC)[C@H](C(=O)N[C@@H](C)CCc1ccccc1)[C@H]1c3ccccc3CCN1C2=O. The first-order valence-corrected chi connectivity index (χ1v) is 12.5. The summed E-state index contributed by atoms with van der Waals surface area (Å²) in [5.74, 6) is 0.278. The van der Waals surface area contributed by atoms with Gasteiger partial charge in [-0.3, -0.25) is 9.59 Å². The number of carbonyl (C=O) groups is 2. The van der Waals surface area contributed by atoms with Crippen molar-refractivity contribution in [2.24, 2.45) is 0 Å². The second kappa shape index (κ2) is 10.1. The number of benzene rings is 3. The van der Waals surface area contributed by atoms with Gasteiger partial charge in [-0.1, -0.05) is 54.6 Å². The van der Waals surface area contributed by atoms with Crippen molar-refractivity contribution >= 4 is 11.8 Å². The summed E-state index contributed by atoms with van der Waals surface area (Å²) >= 11 is 0. The number of aryl methyl sites for hydroxylation is 1. The van der Waals surface area contributed by atoms with Gasteiger partial charge in [0, 0.05) is 18.2 Å². The molecule has 0 spiro atoms. The van der Waals surface area contributed by atoms with Crippen LogP contribution in [0.3, 0.4) is 0 Å². The minimum atomic E-state index is -0.557. The van der Waals surface area contributed by atoms with Crippen LogP contribution in [0.4, 0.5) is 0 Å². The molecular formula is C30H32N2O4. The van der Waals surface area contributed by atoms with Gasteiger partial charge in [0.1, 0.15) is 0 Å². The molecule has 3 aromatic rings. The Morgan fingerprint density at radius 1 is 1.00 bits per heavy atom. The fourth-order valence-electron chi connectivity index (χ4n) is 5.56. The molecule has 0 aromatic heterocycles. The maximum atomic E-state index is 14.0. The first-order valence-electron chi connectivity index (χ1n) is 12.5. The summed E-state index contributed by atoms with van der Waals surface area (Å²) in [4.78, 5) is 29.5. The summed E-state index contributed by atoms with van der Waals surface area (Å²) in [6, 6.07) is 21.6. The zero-order valence-electron chi connectivity index (χ0n) is 21.0. The quantitative estimate of drug-likeness (QED) is 0.529. The number of nitrogens with one attached hydrogen (secondary N) is 1. The number of hydrogen-bond acceptors (Lipinski definition) is 4. The average molecular weight is 485 g/mol. The lowest BCUT2D eigenvalue weighted by atomic mass is 9.75. The summed E-state index contributed by atoms with van der Waals surface area (Å²) < 4.78 is 11.0. The van der Waals surface area contributed by atoms with E-state index in [4.69, 9.17) is 9.47 Å².